The Bertz CT molecular complexity index is 662. The van der Waals surface area contributed by atoms with E-state index in [0.29, 0.717) is 5.84 Å². The van der Waals surface area contributed by atoms with Crippen LogP contribution in [0.25, 0.3) is 0 Å². The van der Waals surface area contributed by atoms with Crippen molar-refractivity contribution in [3.8, 4) is 0 Å². The van der Waals surface area contributed by atoms with Crippen molar-refractivity contribution < 1.29 is 0 Å². The van der Waals surface area contributed by atoms with Gasteiger partial charge in [-0.05, 0) is 29.8 Å². The second-order valence-electron chi connectivity index (χ2n) is 6.00. The highest BCUT2D eigenvalue weighted by atomic mass is 35.5. The highest BCUT2D eigenvalue weighted by Gasteiger charge is 2.17. The molecular formula is C19H23ClN4. The maximum Gasteiger partial charge on any atom is 0.115 e. The average molecular weight is 343 g/mol. The van der Waals surface area contributed by atoms with Gasteiger partial charge < -0.3 is 10.6 Å². The van der Waals surface area contributed by atoms with Gasteiger partial charge in [0.15, 0.2) is 0 Å². The lowest BCUT2D eigenvalue weighted by Crippen LogP contribution is -2.45. The summed E-state index contributed by atoms with van der Waals surface area (Å²) in [6.45, 7) is 5.26. The number of piperazine rings is 1. The van der Waals surface area contributed by atoms with E-state index < -0.39 is 0 Å². The fourth-order valence-electron chi connectivity index (χ4n) is 2.94. The molecule has 5 heteroatoms. The number of anilines is 1. The van der Waals surface area contributed by atoms with Gasteiger partial charge in [-0.3, -0.25) is 4.90 Å². The highest BCUT2D eigenvalue weighted by molar-refractivity contribution is 6.28. The topological polar surface area (TPSA) is 44.9 Å². The van der Waals surface area contributed by atoms with Crippen molar-refractivity contribution in [1.29, 1.82) is 0 Å². The third-order valence-corrected chi connectivity index (χ3v) is 4.52. The summed E-state index contributed by atoms with van der Waals surface area (Å²) in [7, 11) is 0. The van der Waals surface area contributed by atoms with Crippen LogP contribution in [0.1, 0.15) is 5.56 Å². The first kappa shape index (κ1) is 16.8. The highest BCUT2D eigenvalue weighted by Crippen LogP contribution is 2.21. The van der Waals surface area contributed by atoms with Crippen LogP contribution in [0.15, 0.2) is 59.6 Å². The van der Waals surface area contributed by atoms with Gasteiger partial charge in [-0.1, -0.05) is 30.3 Å². The zero-order valence-electron chi connectivity index (χ0n) is 13.7. The molecule has 126 valence electrons. The normalized spacial score (nSPS) is 16.4. The Morgan fingerprint density at radius 3 is 2.25 bits per heavy atom. The van der Waals surface area contributed by atoms with Crippen LogP contribution in [0.3, 0.4) is 0 Å². The van der Waals surface area contributed by atoms with Crippen LogP contribution in [-0.2, 0) is 6.54 Å². The summed E-state index contributed by atoms with van der Waals surface area (Å²) in [5.41, 5.74) is 9.13. The van der Waals surface area contributed by atoms with Crippen LogP contribution in [0.2, 0.25) is 0 Å². The third-order valence-electron chi connectivity index (χ3n) is 4.25. The molecule has 1 aliphatic heterocycles. The molecule has 0 bridgehead atoms. The molecule has 0 amide bonds. The number of hydrogen-bond acceptors (Lipinski definition) is 3. The SMILES string of the molecule is NC(CCl)=Nc1ccc(N2CCN(Cc3ccccc3)CC2)cc1. The lowest BCUT2D eigenvalue weighted by Gasteiger charge is -2.36. The van der Waals surface area contributed by atoms with Gasteiger partial charge in [-0.25, -0.2) is 4.99 Å². The van der Waals surface area contributed by atoms with E-state index in [2.05, 4.69) is 57.3 Å². The summed E-state index contributed by atoms with van der Waals surface area (Å²) in [4.78, 5) is 9.18. The number of halogens is 1. The first-order valence-corrected chi connectivity index (χ1v) is 8.78. The van der Waals surface area contributed by atoms with Crippen molar-refractivity contribution in [2.75, 3.05) is 37.0 Å². The Kier molecular flexibility index (Phi) is 5.72. The predicted octanol–water partition coefficient (Wildman–Crippen LogP) is 3.24. The molecule has 3 rings (SSSR count). The lowest BCUT2D eigenvalue weighted by molar-refractivity contribution is 0.250. The molecule has 1 fully saturated rings. The second-order valence-corrected chi connectivity index (χ2v) is 6.27. The largest absolute Gasteiger partial charge is 0.386 e. The van der Waals surface area contributed by atoms with Crippen molar-refractivity contribution in [1.82, 2.24) is 4.90 Å². The molecule has 0 aliphatic carbocycles. The van der Waals surface area contributed by atoms with Gasteiger partial charge in [0.1, 0.15) is 5.84 Å². The zero-order valence-corrected chi connectivity index (χ0v) is 14.5. The standard InChI is InChI=1S/C19H23ClN4/c20-14-19(21)22-17-6-8-18(9-7-17)24-12-10-23(11-13-24)15-16-4-2-1-3-5-16/h1-9H,10-15H2,(H2,21,22). The maximum atomic E-state index is 5.67. The molecule has 1 heterocycles. The van der Waals surface area contributed by atoms with Crippen LogP contribution in [-0.4, -0.2) is 42.8 Å². The van der Waals surface area contributed by atoms with Gasteiger partial charge in [-0.2, -0.15) is 0 Å². The Hall–Kier alpha value is -2.04. The molecule has 2 aromatic rings. The zero-order chi connectivity index (χ0) is 16.8. The summed E-state index contributed by atoms with van der Waals surface area (Å²) < 4.78 is 0. The average Bonchev–Trinajstić information content (AvgIpc) is 2.64. The molecule has 1 saturated heterocycles. The fourth-order valence-corrected chi connectivity index (χ4v) is 3.00. The minimum Gasteiger partial charge on any atom is -0.386 e. The minimum absolute atomic E-state index is 0.255. The molecule has 2 N–H and O–H groups in total. The van der Waals surface area contributed by atoms with Crippen molar-refractivity contribution in [3.63, 3.8) is 0 Å². The first-order valence-electron chi connectivity index (χ1n) is 8.25. The predicted molar refractivity (Wildman–Crippen MR) is 102 cm³/mol. The van der Waals surface area contributed by atoms with E-state index in [0.717, 1.165) is 38.4 Å². The van der Waals surface area contributed by atoms with E-state index in [-0.39, 0.29) is 5.88 Å². The molecule has 0 unspecified atom stereocenters. The Labute approximate surface area is 148 Å². The molecule has 0 spiro atoms. The first-order chi connectivity index (χ1) is 11.7. The number of rotatable bonds is 5. The molecule has 2 aromatic carbocycles. The minimum atomic E-state index is 0.255. The van der Waals surface area contributed by atoms with Gasteiger partial charge in [0.05, 0.1) is 11.6 Å². The number of amidine groups is 1. The summed E-state index contributed by atoms with van der Waals surface area (Å²) >= 11 is 5.66. The van der Waals surface area contributed by atoms with Crippen molar-refractivity contribution in [2.45, 2.75) is 6.54 Å². The number of alkyl halides is 1. The van der Waals surface area contributed by atoms with Crippen molar-refractivity contribution in [3.05, 3.63) is 60.2 Å². The number of benzene rings is 2. The van der Waals surface area contributed by atoms with Gasteiger partial charge in [0.2, 0.25) is 0 Å². The molecule has 4 nitrogen and oxygen atoms in total. The fraction of sp³-hybridized carbons (Fsp3) is 0.316. The Balaban J connectivity index is 1.55. The summed E-state index contributed by atoms with van der Waals surface area (Å²) in [5, 5.41) is 0. The molecule has 0 aromatic heterocycles. The number of nitrogens with two attached hydrogens (primary N) is 1. The van der Waals surface area contributed by atoms with E-state index >= 15 is 0 Å². The number of nitrogens with zero attached hydrogens (tertiary/aromatic N) is 3. The molecule has 0 saturated carbocycles. The van der Waals surface area contributed by atoms with E-state index in [1.54, 1.807) is 0 Å². The second kappa shape index (κ2) is 8.18. The van der Waals surface area contributed by atoms with Crippen LogP contribution >= 0.6 is 11.6 Å². The van der Waals surface area contributed by atoms with E-state index in [1.807, 2.05) is 12.1 Å². The maximum absolute atomic E-state index is 5.67. The summed E-state index contributed by atoms with van der Waals surface area (Å²) in [6, 6.07) is 18.8. The molecule has 0 radical (unpaired) electrons. The van der Waals surface area contributed by atoms with Crippen molar-refractivity contribution in [2.24, 2.45) is 10.7 Å². The Morgan fingerprint density at radius 1 is 0.958 bits per heavy atom. The molecule has 24 heavy (non-hydrogen) atoms. The third kappa shape index (κ3) is 4.49. The van der Waals surface area contributed by atoms with E-state index in [4.69, 9.17) is 17.3 Å². The van der Waals surface area contributed by atoms with Gasteiger partial charge in [0, 0.05) is 38.4 Å². The number of aliphatic imine (C=N–C) groups is 1. The molecule has 0 atom stereocenters. The lowest BCUT2D eigenvalue weighted by atomic mass is 10.2. The van der Waals surface area contributed by atoms with Crippen molar-refractivity contribution >= 4 is 28.8 Å². The quantitative estimate of drug-likeness (QED) is 0.515. The van der Waals surface area contributed by atoms with Crippen LogP contribution in [0.5, 0.6) is 0 Å². The molecular weight excluding hydrogens is 320 g/mol. The summed E-state index contributed by atoms with van der Waals surface area (Å²) in [6.07, 6.45) is 0. The smallest absolute Gasteiger partial charge is 0.115 e. The van der Waals surface area contributed by atoms with E-state index in [9.17, 15) is 0 Å². The van der Waals surface area contributed by atoms with Gasteiger partial charge in [-0.15, -0.1) is 11.6 Å². The van der Waals surface area contributed by atoms with Gasteiger partial charge >= 0.3 is 0 Å². The van der Waals surface area contributed by atoms with Gasteiger partial charge in [0.25, 0.3) is 0 Å². The number of hydrogen-bond donors (Lipinski definition) is 1. The van der Waals surface area contributed by atoms with E-state index in [1.165, 1.54) is 11.3 Å². The monoisotopic (exact) mass is 342 g/mol. The summed E-state index contributed by atoms with van der Waals surface area (Å²) in [5.74, 6) is 0.699. The molecule has 1 aliphatic rings. The van der Waals surface area contributed by atoms with Crippen LogP contribution in [0, 0.1) is 0 Å². The Morgan fingerprint density at radius 2 is 1.62 bits per heavy atom. The van der Waals surface area contributed by atoms with Crippen LogP contribution < -0.4 is 10.6 Å². The van der Waals surface area contributed by atoms with Crippen LogP contribution in [0.4, 0.5) is 11.4 Å².